The van der Waals surface area contributed by atoms with Crippen LogP contribution in [-0.4, -0.2) is 51.7 Å². The van der Waals surface area contributed by atoms with E-state index < -0.39 is 51.7 Å². The fraction of sp³-hybridized carbons (Fsp3) is 1.00. The van der Waals surface area contributed by atoms with Gasteiger partial charge in [-0.05, 0) is 0 Å². The molecule has 132 valence electrons. The lowest BCUT2D eigenvalue weighted by atomic mass is 9.96. The summed E-state index contributed by atoms with van der Waals surface area (Å²) < 4.78 is -3.99. The number of hydrogen-bond acceptors (Lipinski definition) is 0. The third-order valence-electron chi connectivity index (χ3n) is 3.22. The molecule has 1 rings (SSSR count). The first-order chi connectivity index (χ1) is 9.78. The summed E-state index contributed by atoms with van der Waals surface area (Å²) >= 11 is 74.6. The molecule has 0 aromatic carbocycles. The van der Waals surface area contributed by atoms with E-state index in [0.717, 1.165) is 0 Å². The molecule has 0 heterocycles. The standard InChI is InChI=1S/C10H8Cl12/c11-1-2(12)4(14)6(16)8(18)10(21,22)9(19,20)7(17)5(15)3(1)13/h1-8H. The van der Waals surface area contributed by atoms with Gasteiger partial charge in [-0.3, -0.25) is 0 Å². The van der Waals surface area contributed by atoms with E-state index in [0.29, 0.717) is 0 Å². The molecule has 0 saturated heterocycles. The van der Waals surface area contributed by atoms with Gasteiger partial charge >= 0.3 is 0 Å². The molecule has 0 aromatic heterocycles. The summed E-state index contributed by atoms with van der Waals surface area (Å²) in [7, 11) is 0. The Balaban J connectivity index is 3.39. The van der Waals surface area contributed by atoms with Gasteiger partial charge in [0, 0.05) is 0 Å². The van der Waals surface area contributed by atoms with E-state index in [1.807, 2.05) is 0 Å². The molecular weight excluding hydrogens is 546 g/mol. The van der Waals surface area contributed by atoms with Crippen LogP contribution in [0.4, 0.5) is 0 Å². The third-order valence-corrected chi connectivity index (χ3v) is 11.5. The molecule has 22 heavy (non-hydrogen) atoms. The third kappa shape index (κ3) is 4.31. The predicted molar refractivity (Wildman–Crippen MR) is 106 cm³/mol. The molecule has 12 heteroatoms. The Morgan fingerprint density at radius 3 is 0.773 bits per heavy atom. The average molecular weight is 554 g/mol. The first kappa shape index (κ1) is 23.5. The maximum atomic E-state index is 6.23. The number of hydrogen-bond donors (Lipinski definition) is 0. The van der Waals surface area contributed by atoms with Gasteiger partial charge in [0.25, 0.3) is 0 Å². The fourth-order valence-corrected chi connectivity index (χ4v) is 6.31. The van der Waals surface area contributed by atoms with Crippen LogP contribution in [0, 0.1) is 0 Å². The summed E-state index contributed by atoms with van der Waals surface area (Å²) in [5.74, 6) is 0. The molecule has 0 aliphatic heterocycles. The van der Waals surface area contributed by atoms with Gasteiger partial charge in [-0.2, -0.15) is 0 Å². The van der Waals surface area contributed by atoms with E-state index in [2.05, 4.69) is 0 Å². The van der Waals surface area contributed by atoms with E-state index in [9.17, 15) is 0 Å². The largest absolute Gasteiger partial charge is 0.170 e. The first-order valence-corrected chi connectivity index (χ1v) is 10.7. The van der Waals surface area contributed by atoms with Crippen molar-refractivity contribution in [2.45, 2.75) is 51.7 Å². The van der Waals surface area contributed by atoms with Gasteiger partial charge in [0.2, 0.25) is 0 Å². The van der Waals surface area contributed by atoms with E-state index in [4.69, 9.17) is 139 Å². The van der Waals surface area contributed by atoms with Crippen LogP contribution in [0.25, 0.3) is 0 Å². The van der Waals surface area contributed by atoms with Crippen LogP contribution in [0.2, 0.25) is 0 Å². The molecule has 0 nitrogen and oxygen atoms in total. The van der Waals surface area contributed by atoms with Crippen molar-refractivity contribution >= 4 is 139 Å². The van der Waals surface area contributed by atoms with Crippen LogP contribution < -0.4 is 0 Å². The lowest BCUT2D eigenvalue weighted by Gasteiger charge is -2.45. The number of alkyl halides is 12. The Labute approximate surface area is 189 Å². The second kappa shape index (κ2) is 8.66. The summed E-state index contributed by atoms with van der Waals surface area (Å²) in [5.41, 5.74) is 0. The van der Waals surface area contributed by atoms with Gasteiger partial charge in [-0.25, -0.2) is 0 Å². The van der Waals surface area contributed by atoms with Crippen LogP contribution in [0.1, 0.15) is 0 Å². The second-order valence-corrected chi connectivity index (χ2v) is 11.5. The van der Waals surface area contributed by atoms with Crippen molar-refractivity contribution in [1.29, 1.82) is 0 Å². The lowest BCUT2D eigenvalue weighted by Crippen LogP contribution is -2.60. The summed E-state index contributed by atoms with van der Waals surface area (Å²) in [4.78, 5) is 0. The van der Waals surface area contributed by atoms with Crippen LogP contribution in [-0.2, 0) is 0 Å². The molecule has 1 aliphatic rings. The Morgan fingerprint density at radius 2 is 0.545 bits per heavy atom. The molecule has 1 fully saturated rings. The summed E-state index contributed by atoms with van der Waals surface area (Å²) in [6.45, 7) is 0. The Hall–Kier alpha value is 3.48. The molecule has 1 aliphatic carbocycles. The van der Waals surface area contributed by atoms with Crippen LogP contribution in [0.15, 0.2) is 0 Å². The maximum absolute atomic E-state index is 6.23. The van der Waals surface area contributed by atoms with Gasteiger partial charge < -0.3 is 0 Å². The van der Waals surface area contributed by atoms with E-state index in [1.54, 1.807) is 0 Å². The van der Waals surface area contributed by atoms with Gasteiger partial charge in [-0.1, -0.05) is 46.4 Å². The fourth-order valence-electron chi connectivity index (χ4n) is 1.79. The van der Waals surface area contributed by atoms with E-state index in [-0.39, 0.29) is 0 Å². The zero-order chi connectivity index (χ0) is 17.6. The molecule has 1 saturated carbocycles. The van der Waals surface area contributed by atoms with Gasteiger partial charge in [0.1, 0.15) is 0 Å². The highest BCUT2D eigenvalue weighted by Gasteiger charge is 2.62. The summed E-state index contributed by atoms with van der Waals surface area (Å²) in [6, 6.07) is 0. The number of rotatable bonds is 0. The van der Waals surface area contributed by atoms with Crippen molar-refractivity contribution in [3.8, 4) is 0 Å². The van der Waals surface area contributed by atoms with Crippen LogP contribution in [0.3, 0.4) is 0 Å². The Bertz CT molecular complexity index is 350. The van der Waals surface area contributed by atoms with Crippen molar-refractivity contribution in [3.63, 3.8) is 0 Å². The summed E-state index contributed by atoms with van der Waals surface area (Å²) in [6.07, 6.45) is 0. The second-order valence-electron chi connectivity index (χ2n) is 4.72. The smallest absolute Gasteiger partial charge is 0.120 e. The minimum atomic E-state index is -2.00. The van der Waals surface area contributed by atoms with Crippen molar-refractivity contribution in [1.82, 2.24) is 0 Å². The Kier molecular flexibility index (Phi) is 9.26. The Morgan fingerprint density at radius 1 is 0.364 bits per heavy atom. The molecule has 0 radical (unpaired) electrons. The van der Waals surface area contributed by atoms with Crippen molar-refractivity contribution < 1.29 is 0 Å². The molecule has 0 N–H and O–H groups in total. The molecule has 8 atom stereocenters. The first-order valence-electron chi connectivity index (χ1n) is 5.66. The monoisotopic (exact) mass is 548 g/mol. The molecule has 0 amide bonds. The van der Waals surface area contributed by atoms with Crippen molar-refractivity contribution in [2.75, 3.05) is 0 Å². The van der Waals surface area contributed by atoms with Crippen molar-refractivity contribution in [3.05, 3.63) is 0 Å². The maximum Gasteiger partial charge on any atom is 0.170 e. The normalized spacial score (nSPS) is 49.6. The minimum absolute atomic E-state index is 0.887. The number of halogens is 12. The molecule has 0 bridgehead atoms. The SMILES string of the molecule is ClC1C(Cl)C(Cl)C(Cl)C(Cl)C(Cl)(Cl)C(Cl)(Cl)C(Cl)C(Cl)C1Cl. The van der Waals surface area contributed by atoms with Gasteiger partial charge in [0.05, 0.1) is 43.0 Å². The highest BCUT2D eigenvalue weighted by Crippen LogP contribution is 2.55. The molecule has 8 unspecified atom stereocenters. The predicted octanol–water partition coefficient (Wildman–Crippen LogP) is 7.21. The van der Waals surface area contributed by atoms with Gasteiger partial charge in [0.15, 0.2) is 8.67 Å². The molecule has 0 aromatic rings. The zero-order valence-electron chi connectivity index (χ0n) is 10.2. The minimum Gasteiger partial charge on any atom is -0.120 e. The van der Waals surface area contributed by atoms with Crippen LogP contribution in [0.5, 0.6) is 0 Å². The van der Waals surface area contributed by atoms with Gasteiger partial charge in [-0.15, -0.1) is 92.8 Å². The molecule has 0 spiro atoms. The zero-order valence-corrected chi connectivity index (χ0v) is 19.2. The van der Waals surface area contributed by atoms with E-state index >= 15 is 0 Å². The summed E-state index contributed by atoms with van der Waals surface area (Å²) in [5, 5.41) is -8.13. The highest BCUT2D eigenvalue weighted by molar-refractivity contribution is 6.67. The lowest BCUT2D eigenvalue weighted by molar-refractivity contribution is 0.499. The van der Waals surface area contributed by atoms with Crippen molar-refractivity contribution in [2.24, 2.45) is 0 Å². The van der Waals surface area contributed by atoms with Crippen LogP contribution >= 0.6 is 139 Å². The van der Waals surface area contributed by atoms with E-state index in [1.165, 1.54) is 0 Å². The average Bonchev–Trinajstić information content (AvgIpc) is 2.47. The molecular formula is C10H8Cl12. The quantitative estimate of drug-likeness (QED) is 0.278. The highest BCUT2D eigenvalue weighted by atomic mass is 35.5. The topological polar surface area (TPSA) is 0 Å².